The molecule has 2 rings (SSSR count). The van der Waals surface area contributed by atoms with Crippen LogP contribution >= 0.6 is 0 Å². The Balaban J connectivity index is 2.46. The first-order chi connectivity index (χ1) is 7.32. The van der Waals surface area contributed by atoms with Gasteiger partial charge in [-0.2, -0.15) is 10.5 Å². The summed E-state index contributed by atoms with van der Waals surface area (Å²) >= 11 is 0. The van der Waals surface area contributed by atoms with E-state index in [4.69, 9.17) is 4.74 Å². The summed E-state index contributed by atoms with van der Waals surface area (Å²) < 4.78 is 5.35. The highest BCUT2D eigenvalue weighted by molar-refractivity contribution is 5.38. The molecule has 1 aliphatic carbocycles. The van der Waals surface area contributed by atoms with Crippen LogP contribution in [0, 0.1) is 34.0 Å². The van der Waals surface area contributed by atoms with Gasteiger partial charge in [-0.15, -0.1) is 0 Å². The third kappa shape index (κ3) is 1.56. The van der Waals surface area contributed by atoms with Crippen LogP contribution in [0.5, 0.6) is 0 Å². The van der Waals surface area contributed by atoms with Crippen molar-refractivity contribution in [2.45, 2.75) is 12.8 Å². The standard InChI is InChI=1S/C12H12N2O/c13-8-12(9-14)5-2-1-3-10-7-15-6-4-11(10)12/h1-2,4,10H,3,5-7H2. The summed E-state index contributed by atoms with van der Waals surface area (Å²) in [6.45, 7) is 1.15. The summed E-state index contributed by atoms with van der Waals surface area (Å²) in [4.78, 5) is 0. The molecular weight excluding hydrogens is 188 g/mol. The van der Waals surface area contributed by atoms with Gasteiger partial charge in [0.1, 0.15) is 0 Å². The number of rotatable bonds is 0. The lowest BCUT2D eigenvalue weighted by Crippen LogP contribution is -2.28. The van der Waals surface area contributed by atoms with E-state index in [-0.39, 0.29) is 5.92 Å². The Bertz CT molecular complexity index is 381. The summed E-state index contributed by atoms with van der Waals surface area (Å²) in [6, 6.07) is 4.34. The Morgan fingerprint density at radius 3 is 2.87 bits per heavy atom. The summed E-state index contributed by atoms with van der Waals surface area (Å²) in [5.41, 5.74) is 0.00491. The van der Waals surface area contributed by atoms with Crippen LogP contribution in [0.2, 0.25) is 0 Å². The van der Waals surface area contributed by atoms with Crippen LogP contribution < -0.4 is 0 Å². The molecule has 0 bridgehead atoms. The van der Waals surface area contributed by atoms with Crippen molar-refractivity contribution >= 4 is 0 Å². The van der Waals surface area contributed by atoms with Crippen LogP contribution in [-0.4, -0.2) is 13.2 Å². The fourth-order valence-electron chi connectivity index (χ4n) is 2.22. The molecule has 0 spiro atoms. The maximum Gasteiger partial charge on any atom is 0.168 e. The first-order valence-corrected chi connectivity index (χ1v) is 5.08. The lowest BCUT2D eigenvalue weighted by Gasteiger charge is -2.29. The molecule has 3 nitrogen and oxygen atoms in total. The first-order valence-electron chi connectivity index (χ1n) is 5.08. The van der Waals surface area contributed by atoms with Crippen molar-refractivity contribution < 1.29 is 4.74 Å². The van der Waals surface area contributed by atoms with Crippen molar-refractivity contribution in [2.75, 3.05) is 13.2 Å². The zero-order valence-electron chi connectivity index (χ0n) is 8.44. The molecule has 0 N–H and O–H groups in total. The number of hydrogen-bond acceptors (Lipinski definition) is 3. The third-order valence-corrected chi connectivity index (χ3v) is 3.07. The van der Waals surface area contributed by atoms with Gasteiger partial charge in [-0.25, -0.2) is 0 Å². The Morgan fingerprint density at radius 2 is 2.13 bits per heavy atom. The summed E-state index contributed by atoms with van der Waals surface area (Å²) in [7, 11) is 0. The van der Waals surface area contributed by atoms with E-state index >= 15 is 0 Å². The average Bonchev–Trinajstić information content (AvgIpc) is 2.49. The smallest absolute Gasteiger partial charge is 0.168 e. The molecule has 0 fully saturated rings. The normalized spacial score (nSPS) is 27.9. The van der Waals surface area contributed by atoms with Gasteiger partial charge in [0, 0.05) is 12.3 Å². The first kappa shape index (κ1) is 9.96. The topological polar surface area (TPSA) is 56.8 Å². The van der Waals surface area contributed by atoms with Gasteiger partial charge in [-0.1, -0.05) is 18.2 Å². The van der Waals surface area contributed by atoms with Gasteiger partial charge in [-0.3, -0.25) is 0 Å². The monoisotopic (exact) mass is 200 g/mol. The zero-order chi connectivity index (χ0) is 10.7. The molecule has 1 atom stereocenters. The highest BCUT2D eigenvalue weighted by Gasteiger charge is 2.39. The average molecular weight is 200 g/mol. The van der Waals surface area contributed by atoms with E-state index in [1.807, 2.05) is 18.2 Å². The van der Waals surface area contributed by atoms with Crippen molar-refractivity contribution in [3.63, 3.8) is 0 Å². The molecule has 0 saturated carbocycles. The zero-order valence-corrected chi connectivity index (χ0v) is 8.44. The predicted octanol–water partition coefficient (Wildman–Crippen LogP) is 1.94. The van der Waals surface area contributed by atoms with Gasteiger partial charge < -0.3 is 4.74 Å². The van der Waals surface area contributed by atoms with E-state index < -0.39 is 5.41 Å². The number of hydrogen-bond donors (Lipinski definition) is 0. The largest absolute Gasteiger partial charge is 0.377 e. The van der Waals surface area contributed by atoms with Gasteiger partial charge in [0.25, 0.3) is 0 Å². The maximum absolute atomic E-state index is 9.22. The second-order valence-corrected chi connectivity index (χ2v) is 3.93. The van der Waals surface area contributed by atoms with Crippen LogP contribution in [0.4, 0.5) is 0 Å². The summed E-state index contributed by atoms with van der Waals surface area (Å²) in [6.07, 6.45) is 7.27. The number of fused-ring (bicyclic) bond motifs is 1. The third-order valence-electron chi connectivity index (χ3n) is 3.07. The van der Waals surface area contributed by atoms with Crippen molar-refractivity contribution in [1.82, 2.24) is 0 Å². The number of ether oxygens (including phenoxy) is 1. The predicted molar refractivity (Wildman–Crippen MR) is 54.4 cm³/mol. The fraction of sp³-hybridized carbons (Fsp3) is 0.500. The lowest BCUT2D eigenvalue weighted by atomic mass is 9.74. The van der Waals surface area contributed by atoms with Gasteiger partial charge in [0.15, 0.2) is 5.41 Å². The minimum absolute atomic E-state index is 0.205. The Labute approximate surface area is 89.3 Å². The van der Waals surface area contributed by atoms with E-state index in [9.17, 15) is 10.5 Å². The van der Waals surface area contributed by atoms with E-state index in [0.29, 0.717) is 19.6 Å². The molecular formula is C12H12N2O. The van der Waals surface area contributed by atoms with Gasteiger partial charge in [0.05, 0.1) is 25.4 Å². The molecule has 0 saturated heterocycles. The molecule has 0 amide bonds. The minimum atomic E-state index is -0.957. The molecule has 0 radical (unpaired) electrons. The Morgan fingerprint density at radius 1 is 1.33 bits per heavy atom. The molecule has 15 heavy (non-hydrogen) atoms. The Hall–Kier alpha value is -1.58. The van der Waals surface area contributed by atoms with Crippen molar-refractivity contribution in [2.24, 2.45) is 11.3 Å². The van der Waals surface area contributed by atoms with Gasteiger partial charge in [0.2, 0.25) is 0 Å². The molecule has 76 valence electrons. The summed E-state index contributed by atoms with van der Waals surface area (Å²) in [5.74, 6) is 0.205. The number of nitrogens with zero attached hydrogens (tertiary/aromatic N) is 2. The second kappa shape index (κ2) is 3.88. The number of allylic oxidation sites excluding steroid dienone is 2. The molecule has 1 unspecified atom stereocenters. The molecule has 0 aromatic heterocycles. The molecule has 2 aliphatic rings. The van der Waals surface area contributed by atoms with E-state index in [1.54, 1.807) is 0 Å². The SMILES string of the molecule is N#CC1(C#N)CC=CCC2COCC=C21. The van der Waals surface area contributed by atoms with E-state index in [1.165, 1.54) is 0 Å². The Kier molecular flexibility index (Phi) is 2.58. The minimum Gasteiger partial charge on any atom is -0.377 e. The lowest BCUT2D eigenvalue weighted by molar-refractivity contribution is 0.115. The van der Waals surface area contributed by atoms with Gasteiger partial charge >= 0.3 is 0 Å². The molecule has 0 aromatic rings. The van der Waals surface area contributed by atoms with Crippen molar-refractivity contribution in [1.29, 1.82) is 10.5 Å². The maximum atomic E-state index is 9.22. The number of nitriles is 2. The van der Waals surface area contributed by atoms with E-state index in [0.717, 1.165) is 12.0 Å². The van der Waals surface area contributed by atoms with Crippen LogP contribution in [0.25, 0.3) is 0 Å². The second-order valence-electron chi connectivity index (χ2n) is 3.93. The molecule has 1 aliphatic heterocycles. The molecule has 3 heteroatoms. The van der Waals surface area contributed by atoms with Crippen molar-refractivity contribution in [3.8, 4) is 12.1 Å². The van der Waals surface area contributed by atoms with Crippen LogP contribution in [0.3, 0.4) is 0 Å². The fourth-order valence-corrected chi connectivity index (χ4v) is 2.22. The van der Waals surface area contributed by atoms with Crippen molar-refractivity contribution in [3.05, 3.63) is 23.8 Å². The summed E-state index contributed by atoms with van der Waals surface area (Å²) in [5, 5.41) is 18.4. The molecule has 1 heterocycles. The quantitative estimate of drug-likeness (QED) is 0.561. The highest BCUT2D eigenvalue weighted by atomic mass is 16.5. The van der Waals surface area contributed by atoms with Crippen LogP contribution in [-0.2, 0) is 4.74 Å². The highest BCUT2D eigenvalue weighted by Crippen LogP contribution is 2.40. The van der Waals surface area contributed by atoms with Crippen LogP contribution in [0.1, 0.15) is 12.8 Å². The van der Waals surface area contributed by atoms with Crippen LogP contribution in [0.15, 0.2) is 23.8 Å². The van der Waals surface area contributed by atoms with E-state index in [2.05, 4.69) is 12.1 Å². The molecule has 0 aromatic carbocycles. The van der Waals surface area contributed by atoms with Gasteiger partial charge in [-0.05, 0) is 12.0 Å².